The minimum Gasteiger partial charge on any atom is -0.424 e. The maximum atomic E-state index is 12.0. The standard InChI is InChI=1S/C21H15ClN2O2S/c1-2-19(25)26-20(15-10-6-7-11-17(15)22)16(12-23)21-24-18(13-27-21)14-8-4-3-5-9-14/h3-11,13H,2H2,1H3. The lowest BCUT2D eigenvalue weighted by Crippen LogP contribution is -2.04. The van der Waals surface area contributed by atoms with E-state index < -0.39 is 5.97 Å². The lowest BCUT2D eigenvalue weighted by atomic mass is 10.1. The van der Waals surface area contributed by atoms with Gasteiger partial charge >= 0.3 is 5.97 Å². The molecule has 0 saturated carbocycles. The number of nitrogens with zero attached hydrogens (tertiary/aromatic N) is 2. The Morgan fingerprint density at radius 2 is 1.89 bits per heavy atom. The molecule has 0 aliphatic heterocycles. The van der Waals surface area contributed by atoms with Crippen molar-refractivity contribution in [3.05, 3.63) is 75.6 Å². The molecule has 0 radical (unpaired) electrons. The second-order valence-corrected chi connectivity index (χ2v) is 6.79. The summed E-state index contributed by atoms with van der Waals surface area (Å²) < 4.78 is 5.49. The van der Waals surface area contributed by atoms with Crippen molar-refractivity contribution in [2.24, 2.45) is 0 Å². The molecule has 2 aromatic carbocycles. The number of halogens is 1. The number of ether oxygens (including phenoxy) is 1. The third-order valence-corrected chi connectivity index (χ3v) is 4.94. The predicted molar refractivity (Wildman–Crippen MR) is 108 cm³/mol. The molecule has 27 heavy (non-hydrogen) atoms. The van der Waals surface area contributed by atoms with Crippen molar-refractivity contribution in [3.63, 3.8) is 0 Å². The predicted octanol–water partition coefficient (Wildman–Crippen LogP) is 5.81. The van der Waals surface area contributed by atoms with Gasteiger partial charge in [0.25, 0.3) is 0 Å². The second kappa shape index (κ2) is 8.63. The molecule has 0 unspecified atom stereocenters. The van der Waals surface area contributed by atoms with E-state index in [1.54, 1.807) is 31.2 Å². The van der Waals surface area contributed by atoms with Gasteiger partial charge in [-0.15, -0.1) is 11.3 Å². The summed E-state index contributed by atoms with van der Waals surface area (Å²) in [7, 11) is 0. The lowest BCUT2D eigenvalue weighted by molar-refractivity contribution is -0.136. The Morgan fingerprint density at radius 1 is 1.19 bits per heavy atom. The fourth-order valence-electron chi connectivity index (χ4n) is 2.40. The number of allylic oxidation sites excluding steroid dienone is 1. The third-order valence-electron chi connectivity index (χ3n) is 3.75. The van der Waals surface area contributed by atoms with Gasteiger partial charge in [-0.05, 0) is 12.1 Å². The fourth-order valence-corrected chi connectivity index (χ4v) is 3.44. The molecule has 3 rings (SSSR count). The molecule has 0 atom stereocenters. The molecular formula is C21H15ClN2O2S. The van der Waals surface area contributed by atoms with Crippen LogP contribution in [0.5, 0.6) is 0 Å². The number of carbonyl (C=O) groups excluding carboxylic acids is 1. The summed E-state index contributed by atoms with van der Waals surface area (Å²) in [5.41, 5.74) is 2.36. The van der Waals surface area contributed by atoms with E-state index in [0.29, 0.717) is 15.6 Å². The largest absolute Gasteiger partial charge is 0.424 e. The van der Waals surface area contributed by atoms with E-state index in [1.807, 2.05) is 35.7 Å². The molecule has 4 nitrogen and oxygen atoms in total. The van der Waals surface area contributed by atoms with Gasteiger partial charge in [-0.3, -0.25) is 4.79 Å². The monoisotopic (exact) mass is 394 g/mol. The zero-order chi connectivity index (χ0) is 19.2. The topological polar surface area (TPSA) is 63.0 Å². The smallest absolute Gasteiger partial charge is 0.310 e. The Kier molecular flexibility index (Phi) is 6.02. The molecule has 1 aromatic heterocycles. The van der Waals surface area contributed by atoms with Crippen LogP contribution in [0.4, 0.5) is 0 Å². The molecule has 0 aliphatic rings. The van der Waals surface area contributed by atoms with Crippen LogP contribution in [0.3, 0.4) is 0 Å². The fraction of sp³-hybridized carbons (Fsp3) is 0.0952. The zero-order valence-electron chi connectivity index (χ0n) is 14.5. The minimum atomic E-state index is -0.447. The quantitative estimate of drug-likeness (QED) is 0.311. The van der Waals surface area contributed by atoms with Crippen molar-refractivity contribution in [1.82, 2.24) is 4.98 Å². The number of rotatable bonds is 5. The summed E-state index contributed by atoms with van der Waals surface area (Å²) in [6.07, 6.45) is 0.180. The van der Waals surface area contributed by atoms with E-state index >= 15 is 0 Å². The summed E-state index contributed by atoms with van der Waals surface area (Å²) in [4.78, 5) is 16.5. The highest BCUT2D eigenvalue weighted by molar-refractivity contribution is 7.11. The Balaban J connectivity index is 2.14. The Labute approximate surface area is 166 Å². The zero-order valence-corrected chi connectivity index (χ0v) is 16.1. The third kappa shape index (κ3) is 4.25. The van der Waals surface area contributed by atoms with Crippen molar-refractivity contribution in [1.29, 1.82) is 5.26 Å². The van der Waals surface area contributed by atoms with Gasteiger partial charge in [-0.25, -0.2) is 4.98 Å². The van der Waals surface area contributed by atoms with Gasteiger partial charge in [-0.1, -0.05) is 61.0 Å². The van der Waals surface area contributed by atoms with Crippen LogP contribution in [0.15, 0.2) is 60.0 Å². The van der Waals surface area contributed by atoms with E-state index in [1.165, 1.54) is 11.3 Å². The van der Waals surface area contributed by atoms with Gasteiger partial charge in [0.15, 0.2) is 5.76 Å². The Morgan fingerprint density at radius 3 is 2.56 bits per heavy atom. The molecule has 134 valence electrons. The van der Waals surface area contributed by atoms with Gasteiger partial charge in [0.1, 0.15) is 16.6 Å². The van der Waals surface area contributed by atoms with Crippen molar-refractivity contribution in [2.45, 2.75) is 13.3 Å². The van der Waals surface area contributed by atoms with Crippen LogP contribution >= 0.6 is 22.9 Å². The summed E-state index contributed by atoms with van der Waals surface area (Å²) in [6.45, 7) is 1.69. The first-order valence-corrected chi connectivity index (χ1v) is 9.51. The van der Waals surface area contributed by atoms with Crippen LogP contribution in [0.1, 0.15) is 23.9 Å². The maximum absolute atomic E-state index is 12.0. The van der Waals surface area contributed by atoms with Gasteiger partial charge in [0, 0.05) is 22.9 Å². The normalized spacial score (nSPS) is 11.4. The lowest BCUT2D eigenvalue weighted by Gasteiger charge is -2.11. The summed E-state index contributed by atoms with van der Waals surface area (Å²) in [6, 6.07) is 18.7. The number of benzene rings is 2. The maximum Gasteiger partial charge on any atom is 0.310 e. The molecule has 0 N–H and O–H groups in total. The van der Waals surface area contributed by atoms with Crippen LogP contribution < -0.4 is 0 Å². The molecule has 0 aliphatic carbocycles. The molecular weight excluding hydrogens is 380 g/mol. The Bertz CT molecular complexity index is 1040. The Hall–Kier alpha value is -2.94. The van der Waals surface area contributed by atoms with E-state index in [2.05, 4.69) is 11.1 Å². The van der Waals surface area contributed by atoms with Crippen molar-refractivity contribution in [2.75, 3.05) is 0 Å². The van der Waals surface area contributed by atoms with Gasteiger partial charge < -0.3 is 4.74 Å². The molecule has 0 bridgehead atoms. The van der Waals surface area contributed by atoms with Gasteiger partial charge in [-0.2, -0.15) is 5.26 Å². The summed E-state index contributed by atoms with van der Waals surface area (Å²) in [5.74, 6) is -0.318. The molecule has 0 amide bonds. The van der Waals surface area contributed by atoms with E-state index in [-0.39, 0.29) is 17.8 Å². The number of aromatic nitrogens is 1. The number of nitriles is 1. The van der Waals surface area contributed by atoms with Crippen LogP contribution in [-0.4, -0.2) is 11.0 Å². The molecule has 1 heterocycles. The molecule has 0 spiro atoms. The minimum absolute atomic E-state index is 0.129. The van der Waals surface area contributed by atoms with E-state index in [4.69, 9.17) is 16.3 Å². The average Bonchev–Trinajstić information content (AvgIpc) is 3.18. The first-order valence-electron chi connectivity index (χ1n) is 8.25. The van der Waals surface area contributed by atoms with Crippen LogP contribution in [0.2, 0.25) is 5.02 Å². The highest BCUT2D eigenvalue weighted by Gasteiger charge is 2.21. The molecule has 6 heteroatoms. The number of carbonyl (C=O) groups is 1. The molecule has 0 saturated heterocycles. The number of hydrogen-bond acceptors (Lipinski definition) is 5. The molecule has 0 fully saturated rings. The average molecular weight is 395 g/mol. The van der Waals surface area contributed by atoms with E-state index in [0.717, 1.165) is 11.3 Å². The highest BCUT2D eigenvalue weighted by Crippen LogP contribution is 2.34. The summed E-state index contributed by atoms with van der Waals surface area (Å²) >= 11 is 7.60. The van der Waals surface area contributed by atoms with Crippen molar-refractivity contribution >= 4 is 40.2 Å². The van der Waals surface area contributed by atoms with Crippen LogP contribution in [-0.2, 0) is 9.53 Å². The van der Waals surface area contributed by atoms with Crippen LogP contribution in [0, 0.1) is 11.3 Å². The number of thiazole rings is 1. The van der Waals surface area contributed by atoms with Crippen molar-refractivity contribution < 1.29 is 9.53 Å². The number of hydrogen-bond donors (Lipinski definition) is 0. The first-order chi connectivity index (χ1) is 13.1. The summed E-state index contributed by atoms with van der Waals surface area (Å²) in [5, 5.41) is 12.5. The second-order valence-electron chi connectivity index (χ2n) is 5.53. The number of esters is 1. The highest BCUT2D eigenvalue weighted by atomic mass is 35.5. The SMILES string of the molecule is CCC(=O)OC(=C(C#N)c1nc(-c2ccccc2)cs1)c1ccccc1Cl. The van der Waals surface area contributed by atoms with Gasteiger partial charge in [0.2, 0.25) is 0 Å². The van der Waals surface area contributed by atoms with E-state index in [9.17, 15) is 10.1 Å². The molecule has 3 aromatic rings. The van der Waals surface area contributed by atoms with Crippen molar-refractivity contribution in [3.8, 4) is 17.3 Å². The van der Waals surface area contributed by atoms with Gasteiger partial charge in [0.05, 0.1) is 10.7 Å². The van der Waals surface area contributed by atoms with Crippen LogP contribution in [0.25, 0.3) is 22.6 Å². The first kappa shape index (κ1) is 18.8.